The van der Waals surface area contributed by atoms with Gasteiger partial charge < -0.3 is 0 Å². The summed E-state index contributed by atoms with van der Waals surface area (Å²) in [5.41, 5.74) is 2.60. The van der Waals surface area contributed by atoms with Gasteiger partial charge in [0.25, 0.3) is 0 Å². The van der Waals surface area contributed by atoms with Gasteiger partial charge in [-0.1, -0.05) is 42.1 Å². The molecule has 4 aromatic rings. The predicted molar refractivity (Wildman–Crippen MR) is 105 cm³/mol. The van der Waals surface area contributed by atoms with Crippen LogP contribution in [0.25, 0.3) is 17.1 Å². The third kappa shape index (κ3) is 3.50. The van der Waals surface area contributed by atoms with Gasteiger partial charge >= 0.3 is 0 Å². The van der Waals surface area contributed by atoms with Crippen molar-refractivity contribution in [2.24, 2.45) is 0 Å². The van der Waals surface area contributed by atoms with Crippen LogP contribution >= 0.6 is 11.8 Å². The molecule has 2 heterocycles. The molecule has 0 fully saturated rings. The molecule has 0 saturated carbocycles. The van der Waals surface area contributed by atoms with E-state index in [1.165, 1.54) is 17.8 Å². The van der Waals surface area contributed by atoms with Gasteiger partial charge in [-0.3, -0.25) is 9.55 Å². The Hall–Kier alpha value is -3.50. The highest BCUT2D eigenvalue weighted by molar-refractivity contribution is 7.98. The van der Waals surface area contributed by atoms with E-state index in [0.29, 0.717) is 28.0 Å². The fourth-order valence-corrected chi connectivity index (χ4v) is 3.74. The zero-order chi connectivity index (χ0) is 19.3. The van der Waals surface area contributed by atoms with Crippen molar-refractivity contribution in [2.45, 2.75) is 10.9 Å². The molecule has 0 radical (unpaired) electrons. The Morgan fingerprint density at radius 2 is 1.82 bits per heavy atom. The van der Waals surface area contributed by atoms with Crippen LogP contribution in [0.3, 0.4) is 0 Å². The number of rotatable bonds is 5. The number of para-hydroxylation sites is 1. The van der Waals surface area contributed by atoms with Crippen LogP contribution in [0.1, 0.15) is 11.1 Å². The van der Waals surface area contributed by atoms with Crippen LogP contribution in [-0.2, 0) is 5.75 Å². The zero-order valence-electron chi connectivity index (χ0n) is 14.7. The van der Waals surface area contributed by atoms with E-state index < -0.39 is 0 Å². The number of nitrogens with zero attached hydrogens (tertiary/aromatic N) is 5. The minimum Gasteiger partial charge on any atom is -0.267 e. The highest BCUT2D eigenvalue weighted by Crippen LogP contribution is 2.31. The zero-order valence-corrected chi connectivity index (χ0v) is 15.5. The molecule has 5 nitrogen and oxygen atoms in total. The van der Waals surface area contributed by atoms with E-state index >= 15 is 0 Å². The van der Waals surface area contributed by atoms with Gasteiger partial charge in [-0.05, 0) is 35.9 Å². The van der Waals surface area contributed by atoms with Crippen LogP contribution in [0.4, 0.5) is 4.39 Å². The number of hydrogen-bond acceptors (Lipinski definition) is 5. The first-order valence-electron chi connectivity index (χ1n) is 8.49. The van der Waals surface area contributed by atoms with Crippen molar-refractivity contribution < 1.29 is 4.39 Å². The fourth-order valence-electron chi connectivity index (χ4n) is 2.79. The molecular weight excluding hydrogens is 373 g/mol. The average molecular weight is 387 g/mol. The number of hydrogen-bond donors (Lipinski definition) is 0. The Kier molecular flexibility index (Phi) is 5.13. The van der Waals surface area contributed by atoms with Gasteiger partial charge in [0.15, 0.2) is 11.0 Å². The number of halogens is 1. The molecule has 28 heavy (non-hydrogen) atoms. The lowest BCUT2D eigenvalue weighted by molar-refractivity contribution is 0.613. The van der Waals surface area contributed by atoms with E-state index in [1.54, 1.807) is 47.3 Å². The molecule has 2 aromatic heterocycles. The molecule has 0 bridgehead atoms. The molecule has 0 saturated heterocycles. The van der Waals surface area contributed by atoms with Crippen LogP contribution in [0.15, 0.2) is 78.2 Å². The third-order valence-corrected chi connectivity index (χ3v) is 5.12. The SMILES string of the molecule is N#Cc1ccccc1CSc1nnc(-c2cccnc2)n1-c1ccccc1F. The number of pyridine rings is 1. The van der Waals surface area contributed by atoms with Crippen LogP contribution in [-0.4, -0.2) is 19.7 Å². The van der Waals surface area contributed by atoms with Crippen LogP contribution in [0, 0.1) is 17.1 Å². The number of aromatic nitrogens is 4. The molecule has 0 N–H and O–H groups in total. The highest BCUT2D eigenvalue weighted by atomic mass is 32.2. The van der Waals surface area contributed by atoms with Gasteiger partial charge in [0, 0.05) is 23.7 Å². The van der Waals surface area contributed by atoms with Crippen molar-refractivity contribution in [3.8, 4) is 23.1 Å². The maximum atomic E-state index is 14.6. The minimum atomic E-state index is -0.369. The maximum Gasteiger partial charge on any atom is 0.196 e. The van der Waals surface area contributed by atoms with Crippen molar-refractivity contribution in [2.75, 3.05) is 0 Å². The normalized spacial score (nSPS) is 10.6. The van der Waals surface area contributed by atoms with E-state index in [9.17, 15) is 9.65 Å². The Morgan fingerprint density at radius 3 is 2.61 bits per heavy atom. The number of benzene rings is 2. The maximum absolute atomic E-state index is 14.6. The largest absolute Gasteiger partial charge is 0.267 e. The molecular formula is C21H14FN5S. The van der Waals surface area contributed by atoms with Gasteiger partial charge in [-0.15, -0.1) is 10.2 Å². The van der Waals surface area contributed by atoms with Crippen molar-refractivity contribution >= 4 is 11.8 Å². The molecule has 7 heteroatoms. The summed E-state index contributed by atoms with van der Waals surface area (Å²) in [6, 6.07) is 19.7. The molecule has 0 amide bonds. The summed E-state index contributed by atoms with van der Waals surface area (Å²) in [6.07, 6.45) is 3.34. The summed E-state index contributed by atoms with van der Waals surface area (Å²) < 4.78 is 16.3. The van der Waals surface area contributed by atoms with Crippen molar-refractivity contribution in [3.63, 3.8) is 0 Å². The van der Waals surface area contributed by atoms with Gasteiger partial charge in [-0.25, -0.2) is 4.39 Å². The Labute approximate surface area is 165 Å². The smallest absolute Gasteiger partial charge is 0.196 e. The van der Waals surface area contributed by atoms with Crippen molar-refractivity contribution in [1.29, 1.82) is 5.26 Å². The molecule has 0 aliphatic rings. The van der Waals surface area contributed by atoms with Crippen molar-refractivity contribution in [3.05, 3.63) is 90.0 Å². The van der Waals surface area contributed by atoms with Crippen LogP contribution in [0.2, 0.25) is 0 Å². The Morgan fingerprint density at radius 1 is 1.00 bits per heavy atom. The monoisotopic (exact) mass is 387 g/mol. The summed E-state index contributed by atoms with van der Waals surface area (Å²) in [6.45, 7) is 0. The Balaban J connectivity index is 1.77. The van der Waals surface area contributed by atoms with E-state index in [-0.39, 0.29) is 5.82 Å². The molecule has 0 aliphatic carbocycles. The summed E-state index contributed by atoms with van der Waals surface area (Å²) >= 11 is 1.40. The van der Waals surface area contributed by atoms with Gasteiger partial charge in [0.1, 0.15) is 5.82 Å². The number of thioether (sulfide) groups is 1. The second-order valence-corrected chi connectivity index (χ2v) is 6.83. The lowest BCUT2D eigenvalue weighted by Crippen LogP contribution is -2.02. The standard InChI is InChI=1S/C21H14FN5S/c22-18-9-3-4-10-19(18)27-20(16-8-5-11-24-13-16)25-26-21(27)28-14-17-7-2-1-6-15(17)12-23/h1-11,13H,14H2. The molecule has 136 valence electrons. The van der Waals surface area contributed by atoms with E-state index in [0.717, 1.165) is 11.1 Å². The van der Waals surface area contributed by atoms with E-state index in [2.05, 4.69) is 21.3 Å². The molecule has 0 aliphatic heterocycles. The first-order chi connectivity index (χ1) is 13.8. The molecule has 4 rings (SSSR count). The summed E-state index contributed by atoms with van der Waals surface area (Å²) in [4.78, 5) is 4.13. The minimum absolute atomic E-state index is 0.363. The third-order valence-electron chi connectivity index (χ3n) is 4.14. The van der Waals surface area contributed by atoms with E-state index in [4.69, 9.17) is 0 Å². The molecule has 0 spiro atoms. The Bertz CT molecular complexity index is 1150. The van der Waals surface area contributed by atoms with Crippen molar-refractivity contribution in [1.82, 2.24) is 19.7 Å². The summed E-state index contributed by atoms with van der Waals surface area (Å²) in [5.74, 6) is 0.657. The second-order valence-electron chi connectivity index (χ2n) is 5.89. The van der Waals surface area contributed by atoms with Gasteiger partial charge in [0.05, 0.1) is 17.3 Å². The highest BCUT2D eigenvalue weighted by Gasteiger charge is 2.19. The molecule has 2 aromatic carbocycles. The topological polar surface area (TPSA) is 67.4 Å². The first-order valence-corrected chi connectivity index (χ1v) is 9.48. The van der Waals surface area contributed by atoms with Crippen LogP contribution < -0.4 is 0 Å². The predicted octanol–water partition coefficient (Wildman–Crippen LogP) is 4.63. The fraction of sp³-hybridized carbons (Fsp3) is 0.0476. The van der Waals surface area contributed by atoms with Gasteiger partial charge in [-0.2, -0.15) is 5.26 Å². The molecule has 0 unspecified atom stereocenters. The number of nitriles is 1. The van der Waals surface area contributed by atoms with E-state index in [1.807, 2.05) is 24.3 Å². The lowest BCUT2D eigenvalue weighted by atomic mass is 10.1. The van der Waals surface area contributed by atoms with Crippen LogP contribution in [0.5, 0.6) is 0 Å². The quantitative estimate of drug-likeness (QED) is 0.467. The summed E-state index contributed by atoms with van der Waals surface area (Å²) in [5, 5.41) is 18.4. The second kappa shape index (κ2) is 8.03. The lowest BCUT2D eigenvalue weighted by Gasteiger charge is -2.11. The summed E-state index contributed by atoms with van der Waals surface area (Å²) in [7, 11) is 0. The molecule has 0 atom stereocenters. The average Bonchev–Trinajstić information content (AvgIpc) is 3.17. The van der Waals surface area contributed by atoms with Gasteiger partial charge in [0.2, 0.25) is 0 Å². The first kappa shape index (κ1) is 17.9.